The molecule has 1 N–H and O–H groups in total. The van der Waals surface area contributed by atoms with Crippen molar-refractivity contribution in [3.05, 3.63) is 45.8 Å². The summed E-state index contributed by atoms with van der Waals surface area (Å²) in [5, 5.41) is 21.1. The first-order valence-corrected chi connectivity index (χ1v) is 16.9. The van der Waals surface area contributed by atoms with E-state index in [1.54, 1.807) is 16.7 Å². The van der Waals surface area contributed by atoms with Crippen molar-refractivity contribution in [1.29, 1.82) is 10.5 Å². The number of benzene rings is 1. The highest BCUT2D eigenvalue weighted by atomic mass is 32.2. The van der Waals surface area contributed by atoms with Crippen LogP contribution in [0.5, 0.6) is 0 Å². The Bertz CT molecular complexity index is 1500. The highest BCUT2D eigenvalue weighted by molar-refractivity contribution is 7.89. The molecule has 0 fully saturated rings. The highest BCUT2D eigenvalue weighted by Crippen LogP contribution is 2.38. The minimum Gasteiger partial charge on any atom is -0.450 e. The van der Waals surface area contributed by atoms with Crippen molar-refractivity contribution < 1.29 is 27.5 Å². The zero-order valence-corrected chi connectivity index (χ0v) is 26.9. The molecule has 0 spiro atoms. The third-order valence-electron chi connectivity index (χ3n) is 7.00. The predicted molar refractivity (Wildman–Crippen MR) is 166 cm³/mol. The van der Waals surface area contributed by atoms with Crippen molar-refractivity contribution in [2.24, 2.45) is 0 Å². The Morgan fingerprint density at radius 3 is 2.16 bits per heavy atom. The monoisotopic (exact) mass is 642 g/mol. The maximum Gasteiger partial charge on any atom is 0.410 e. The van der Waals surface area contributed by atoms with E-state index < -0.39 is 22.0 Å². The molecule has 44 heavy (non-hydrogen) atoms. The van der Waals surface area contributed by atoms with E-state index in [-0.39, 0.29) is 55.4 Å². The van der Waals surface area contributed by atoms with Gasteiger partial charge in [0.1, 0.15) is 5.00 Å². The number of carbonyl (C=O) groups excluding carboxylic acids is 3. The molecule has 1 aromatic heterocycles. The molecule has 1 aliphatic rings. The van der Waals surface area contributed by atoms with Crippen LogP contribution in [-0.4, -0.2) is 79.8 Å². The van der Waals surface area contributed by atoms with E-state index in [1.165, 1.54) is 35.6 Å². The number of hydrogen-bond donors (Lipinski definition) is 1. The molecule has 3 rings (SSSR count). The largest absolute Gasteiger partial charge is 0.450 e. The third-order valence-corrected chi connectivity index (χ3v) is 10.0. The maximum atomic E-state index is 13.8. The van der Waals surface area contributed by atoms with E-state index in [1.807, 2.05) is 26.0 Å². The molecule has 2 aromatic rings. The summed E-state index contributed by atoms with van der Waals surface area (Å²) in [6.07, 6.45) is 1.50. The fourth-order valence-corrected chi connectivity index (χ4v) is 7.60. The molecule has 1 aromatic carbocycles. The molecule has 0 unspecified atom stereocenters. The summed E-state index contributed by atoms with van der Waals surface area (Å²) in [6.45, 7) is 7.64. The molecule has 0 atom stereocenters. The van der Waals surface area contributed by atoms with Gasteiger partial charge in [-0.1, -0.05) is 13.8 Å². The van der Waals surface area contributed by atoms with Crippen molar-refractivity contribution in [3.63, 3.8) is 0 Å². The minimum atomic E-state index is -4.00. The topological polar surface area (TPSA) is 164 Å². The number of carbonyl (C=O) groups is 3. The lowest BCUT2D eigenvalue weighted by molar-refractivity contribution is 0.0755. The second-order valence-electron chi connectivity index (χ2n) is 10.1. The van der Waals surface area contributed by atoms with E-state index in [2.05, 4.69) is 5.32 Å². The summed E-state index contributed by atoms with van der Waals surface area (Å²) in [7, 11) is -4.00. The number of sulfonamides is 1. The summed E-state index contributed by atoms with van der Waals surface area (Å²) in [4.78, 5) is 43.8. The van der Waals surface area contributed by atoms with E-state index in [4.69, 9.17) is 15.3 Å². The van der Waals surface area contributed by atoms with Gasteiger partial charge in [0.25, 0.3) is 11.8 Å². The summed E-state index contributed by atoms with van der Waals surface area (Å²) in [5.41, 5.74) is 1.42. The summed E-state index contributed by atoms with van der Waals surface area (Å²) in [6, 6.07) is 9.21. The molecular formula is C30H38N6O6S2. The van der Waals surface area contributed by atoms with Crippen LogP contribution in [0.15, 0.2) is 29.2 Å². The molecular weight excluding hydrogens is 605 g/mol. The molecule has 3 amide bonds. The summed E-state index contributed by atoms with van der Waals surface area (Å²) in [5.74, 6) is -0.699. The van der Waals surface area contributed by atoms with Crippen LogP contribution in [0.25, 0.3) is 0 Å². The predicted octanol–water partition coefficient (Wildman–Crippen LogP) is 4.60. The smallest absolute Gasteiger partial charge is 0.410 e. The fourth-order valence-electron chi connectivity index (χ4n) is 4.91. The van der Waals surface area contributed by atoms with E-state index in [0.29, 0.717) is 36.6 Å². The van der Waals surface area contributed by atoms with Crippen molar-refractivity contribution in [2.45, 2.75) is 64.3 Å². The minimum absolute atomic E-state index is 0.0253. The Kier molecular flexibility index (Phi) is 12.7. The fraction of sp³-hybridized carbons (Fsp3) is 0.500. The number of anilines is 1. The third kappa shape index (κ3) is 8.14. The Morgan fingerprint density at radius 1 is 1.00 bits per heavy atom. The summed E-state index contributed by atoms with van der Waals surface area (Å²) < 4.78 is 32.6. The molecule has 0 aliphatic carbocycles. The Morgan fingerprint density at radius 2 is 1.61 bits per heavy atom. The number of hydrogen-bond acceptors (Lipinski definition) is 9. The van der Waals surface area contributed by atoms with Gasteiger partial charge in [-0.3, -0.25) is 9.59 Å². The Labute approximate surface area is 262 Å². The Hall–Kier alpha value is -3.98. The van der Waals surface area contributed by atoms with Crippen LogP contribution in [-0.2, 0) is 27.7 Å². The molecule has 236 valence electrons. The SMILES string of the molecule is CCCN(CCC)C(=O)c1c(NC(=O)c2ccc(S(=O)(=O)N(CCC#N)CCC#N)cc2)sc2c1CCN(C(=O)OCC)C2. The number of rotatable bonds is 14. The quantitative estimate of drug-likeness (QED) is 0.313. The van der Waals surface area contributed by atoms with Crippen LogP contribution >= 0.6 is 11.3 Å². The molecule has 2 heterocycles. The number of fused-ring (bicyclic) bond motifs is 1. The molecule has 0 saturated carbocycles. The van der Waals surface area contributed by atoms with E-state index in [9.17, 15) is 22.8 Å². The first kappa shape index (κ1) is 34.5. The highest BCUT2D eigenvalue weighted by Gasteiger charge is 2.33. The average Bonchev–Trinajstić information content (AvgIpc) is 3.37. The van der Waals surface area contributed by atoms with Crippen LogP contribution in [0.3, 0.4) is 0 Å². The lowest BCUT2D eigenvalue weighted by Crippen LogP contribution is -2.37. The molecule has 12 nitrogen and oxygen atoms in total. The van der Waals surface area contributed by atoms with Gasteiger partial charge >= 0.3 is 6.09 Å². The average molecular weight is 643 g/mol. The molecule has 1 aliphatic heterocycles. The Balaban J connectivity index is 1.92. The van der Waals surface area contributed by atoms with Crippen LogP contribution in [0.1, 0.15) is 77.6 Å². The van der Waals surface area contributed by atoms with Gasteiger partial charge < -0.3 is 19.9 Å². The van der Waals surface area contributed by atoms with Gasteiger partial charge in [0.05, 0.1) is 35.7 Å². The number of nitrogens with one attached hydrogen (secondary N) is 1. The standard InChI is InChI=1S/C30H38N6O6S2/c1-4-16-34(17-5-2)29(38)26-24-13-20-35(30(39)42-6-3)21-25(24)43-28(26)33-27(37)22-9-11-23(12-10-22)44(40,41)36(18-7-14-31)19-8-15-32/h9-12H,4-8,13,16-21H2,1-3H3,(H,33,37). The van der Waals surface area contributed by atoms with Crippen LogP contribution in [0, 0.1) is 22.7 Å². The number of nitriles is 2. The van der Waals surface area contributed by atoms with Gasteiger partial charge in [-0.05, 0) is 56.0 Å². The number of thiophene rings is 1. The lowest BCUT2D eigenvalue weighted by atomic mass is 10.0. The normalized spacial score (nSPS) is 12.6. The zero-order valence-electron chi connectivity index (χ0n) is 25.3. The van der Waals surface area contributed by atoms with Crippen LogP contribution in [0.2, 0.25) is 0 Å². The van der Waals surface area contributed by atoms with Gasteiger partial charge in [0, 0.05) is 56.0 Å². The van der Waals surface area contributed by atoms with E-state index in [0.717, 1.165) is 27.6 Å². The second kappa shape index (κ2) is 16.2. The zero-order chi connectivity index (χ0) is 32.3. The van der Waals surface area contributed by atoms with Crippen LogP contribution < -0.4 is 5.32 Å². The number of ether oxygens (including phenoxy) is 1. The van der Waals surface area contributed by atoms with Crippen molar-refractivity contribution in [1.82, 2.24) is 14.1 Å². The van der Waals surface area contributed by atoms with Crippen molar-refractivity contribution in [3.8, 4) is 12.1 Å². The molecule has 0 bridgehead atoms. The maximum absolute atomic E-state index is 13.8. The van der Waals surface area contributed by atoms with Gasteiger partial charge in [-0.2, -0.15) is 14.8 Å². The molecule has 0 saturated heterocycles. The number of nitrogens with zero attached hydrogens (tertiary/aromatic N) is 5. The lowest BCUT2D eigenvalue weighted by Gasteiger charge is -2.27. The van der Waals surface area contributed by atoms with Crippen molar-refractivity contribution in [2.75, 3.05) is 44.6 Å². The van der Waals surface area contributed by atoms with Crippen molar-refractivity contribution >= 4 is 44.3 Å². The van der Waals surface area contributed by atoms with Gasteiger partial charge in [-0.25, -0.2) is 13.2 Å². The van der Waals surface area contributed by atoms with Gasteiger partial charge in [0.2, 0.25) is 10.0 Å². The summed E-state index contributed by atoms with van der Waals surface area (Å²) >= 11 is 1.25. The van der Waals surface area contributed by atoms with Gasteiger partial charge in [0.15, 0.2) is 0 Å². The second-order valence-corrected chi connectivity index (χ2v) is 13.1. The first-order valence-electron chi connectivity index (χ1n) is 14.6. The van der Waals surface area contributed by atoms with Gasteiger partial charge in [-0.15, -0.1) is 11.3 Å². The number of amides is 3. The molecule has 0 radical (unpaired) electrons. The molecule has 14 heteroatoms. The first-order chi connectivity index (χ1) is 21.1. The van der Waals surface area contributed by atoms with E-state index >= 15 is 0 Å². The van der Waals surface area contributed by atoms with Crippen LogP contribution in [0.4, 0.5) is 9.80 Å².